The number of benzene rings is 3. The molecule has 0 radical (unpaired) electrons. The summed E-state index contributed by atoms with van der Waals surface area (Å²) in [7, 11) is 0. The second-order valence-electron chi connectivity index (χ2n) is 9.74. The molecule has 0 unspecified atom stereocenters. The largest absolute Gasteiger partial charge is 0.487 e. The van der Waals surface area contributed by atoms with Gasteiger partial charge in [0.1, 0.15) is 35.1 Å². The van der Waals surface area contributed by atoms with Crippen molar-refractivity contribution in [2.75, 3.05) is 17.2 Å². The summed E-state index contributed by atoms with van der Waals surface area (Å²) >= 11 is 5.97. The average Bonchev–Trinajstić information content (AvgIpc) is 2.95. The lowest BCUT2D eigenvalue weighted by molar-refractivity contribution is -0.211. The third kappa shape index (κ3) is 7.98. The van der Waals surface area contributed by atoms with Gasteiger partial charge in [-0.1, -0.05) is 17.7 Å². The predicted molar refractivity (Wildman–Crippen MR) is 143 cm³/mol. The van der Waals surface area contributed by atoms with Crippen LogP contribution in [0.4, 0.5) is 50.9 Å². The molecule has 17 heteroatoms. The molecule has 3 aromatic carbocycles. The highest BCUT2D eigenvalue weighted by atomic mass is 35.5. The predicted octanol–water partition coefficient (Wildman–Crippen LogP) is 7.25. The molecule has 0 aromatic heterocycles. The summed E-state index contributed by atoms with van der Waals surface area (Å²) in [4.78, 5) is 38.0. The quantitative estimate of drug-likeness (QED) is 0.157. The van der Waals surface area contributed by atoms with Crippen LogP contribution in [0.25, 0.3) is 0 Å². The van der Waals surface area contributed by atoms with Gasteiger partial charge in [-0.15, -0.1) is 0 Å². The van der Waals surface area contributed by atoms with Crippen molar-refractivity contribution in [3.8, 4) is 5.75 Å². The summed E-state index contributed by atoms with van der Waals surface area (Å²) < 4.78 is 127. The van der Waals surface area contributed by atoms with Gasteiger partial charge in [-0.3, -0.25) is 14.4 Å². The molecule has 3 rings (SSSR count). The minimum Gasteiger partial charge on any atom is -0.487 e. The number of anilines is 2. The van der Waals surface area contributed by atoms with Crippen LogP contribution in [0.1, 0.15) is 40.1 Å². The Morgan fingerprint density at radius 1 is 0.867 bits per heavy atom. The van der Waals surface area contributed by atoms with Crippen LogP contribution in [0.3, 0.4) is 0 Å². The maximum atomic E-state index is 15.3. The number of halogens is 10. The number of rotatable bonds is 10. The van der Waals surface area contributed by atoms with Crippen molar-refractivity contribution in [1.82, 2.24) is 5.32 Å². The summed E-state index contributed by atoms with van der Waals surface area (Å²) in [5.41, 5.74) is -6.29. The van der Waals surface area contributed by atoms with Gasteiger partial charge in [-0.05, 0) is 50.2 Å². The summed E-state index contributed by atoms with van der Waals surface area (Å²) in [6.45, 7) is -0.764. The molecule has 0 aliphatic heterocycles. The Morgan fingerprint density at radius 3 is 2.13 bits per heavy atom. The molecule has 7 nitrogen and oxygen atoms in total. The first-order valence-corrected chi connectivity index (χ1v) is 12.9. The first-order valence-electron chi connectivity index (χ1n) is 12.5. The van der Waals surface area contributed by atoms with Gasteiger partial charge in [0.2, 0.25) is 5.91 Å². The van der Waals surface area contributed by atoms with Gasteiger partial charge in [-0.25, -0.2) is 26.3 Å². The molecule has 0 heterocycles. The Hall–Kier alpha value is -4.47. The van der Waals surface area contributed by atoms with Crippen molar-refractivity contribution in [3.63, 3.8) is 0 Å². The highest BCUT2D eigenvalue weighted by Crippen LogP contribution is 2.37. The zero-order valence-corrected chi connectivity index (χ0v) is 23.7. The van der Waals surface area contributed by atoms with Crippen molar-refractivity contribution >= 4 is 40.7 Å². The highest BCUT2D eigenvalue weighted by Gasteiger charge is 2.52. The second-order valence-corrected chi connectivity index (χ2v) is 10.1. The van der Waals surface area contributed by atoms with Crippen molar-refractivity contribution in [3.05, 3.63) is 87.4 Å². The molecule has 0 saturated carbocycles. The number of hydrogen-bond acceptors (Lipinski definition) is 4. The molecule has 0 spiro atoms. The van der Waals surface area contributed by atoms with Crippen molar-refractivity contribution in [1.29, 1.82) is 0 Å². The number of carbonyl (C=O) groups excluding carboxylic acids is 3. The second kappa shape index (κ2) is 13.7. The minimum absolute atomic E-state index is 0.323. The van der Waals surface area contributed by atoms with E-state index in [1.807, 2.05) is 5.32 Å². The summed E-state index contributed by atoms with van der Waals surface area (Å²) in [6.07, 6.45) is -7.93. The third-order valence-electron chi connectivity index (χ3n) is 6.24. The van der Waals surface area contributed by atoms with E-state index in [4.69, 9.17) is 16.3 Å². The van der Waals surface area contributed by atoms with Crippen LogP contribution in [-0.2, 0) is 11.3 Å². The molecular weight excluding hydrogens is 649 g/mol. The SMILES string of the molecule is CC(C)(C(=O)NCc1ccc(Cl)c(C(=O)Nc2ccc(OCC(F)F)c(C(=O)Nc3c(F)ccc(F)c3F)c2)c1F)C(F)(F)F. The molecule has 0 saturated heterocycles. The number of nitrogens with one attached hydrogen (secondary N) is 3. The minimum atomic E-state index is -4.92. The summed E-state index contributed by atoms with van der Waals surface area (Å²) in [5, 5.41) is 5.38. The molecule has 0 atom stereocenters. The first kappa shape index (κ1) is 35.0. The zero-order chi connectivity index (χ0) is 33.9. The van der Waals surface area contributed by atoms with Crippen molar-refractivity contribution < 1.29 is 58.6 Å². The van der Waals surface area contributed by atoms with E-state index in [1.165, 1.54) is 0 Å². The lowest BCUT2D eigenvalue weighted by Crippen LogP contribution is -2.46. The van der Waals surface area contributed by atoms with Crippen molar-refractivity contribution in [2.24, 2.45) is 5.41 Å². The molecule has 3 amide bonds. The third-order valence-corrected chi connectivity index (χ3v) is 6.56. The van der Waals surface area contributed by atoms with Crippen LogP contribution in [-0.4, -0.2) is 36.9 Å². The Balaban J connectivity index is 1.90. The van der Waals surface area contributed by atoms with E-state index < -0.39 is 105 Å². The van der Waals surface area contributed by atoms with Crippen molar-refractivity contribution in [2.45, 2.75) is 33.0 Å². The number of alkyl halides is 5. The zero-order valence-electron chi connectivity index (χ0n) is 22.9. The molecule has 0 aliphatic rings. The smallest absolute Gasteiger partial charge is 0.402 e. The standard InChI is InChI=1S/C28H21ClF9N3O4/c1-27(2,28(36,37)38)26(44)39-10-12-3-5-15(29)20(21(12)34)25(43)40-13-4-8-18(45-11-19(32)33)14(9-13)24(42)41-23-17(31)7-6-16(30)22(23)35/h3-9,19H,10-11H2,1-2H3,(H,39,44)(H,40,43)(H,41,42). The summed E-state index contributed by atoms with van der Waals surface area (Å²) in [6, 6.07) is 5.73. The van der Waals surface area contributed by atoms with E-state index in [9.17, 15) is 49.5 Å². The van der Waals surface area contributed by atoms with E-state index >= 15 is 4.39 Å². The van der Waals surface area contributed by atoms with Gasteiger partial charge in [0.15, 0.2) is 11.6 Å². The lowest BCUT2D eigenvalue weighted by Gasteiger charge is -2.26. The normalized spacial score (nSPS) is 11.8. The first-order chi connectivity index (χ1) is 20.8. The molecule has 0 aliphatic carbocycles. The number of carbonyl (C=O) groups is 3. The fourth-order valence-corrected chi connectivity index (χ4v) is 3.78. The fraction of sp³-hybridized carbons (Fsp3) is 0.250. The van der Waals surface area contributed by atoms with Gasteiger partial charge < -0.3 is 20.7 Å². The monoisotopic (exact) mass is 669 g/mol. The number of ether oxygens (including phenoxy) is 1. The molecule has 0 bridgehead atoms. The van der Waals surface area contributed by atoms with E-state index in [1.54, 1.807) is 5.32 Å². The Kier molecular flexibility index (Phi) is 10.6. The van der Waals surface area contributed by atoms with Gasteiger partial charge in [0.25, 0.3) is 18.2 Å². The maximum Gasteiger partial charge on any atom is 0.402 e. The molecular formula is C28H21ClF9N3O4. The maximum absolute atomic E-state index is 15.3. The summed E-state index contributed by atoms with van der Waals surface area (Å²) in [5.74, 6) is -10.7. The lowest BCUT2D eigenvalue weighted by atomic mass is 9.91. The van der Waals surface area contributed by atoms with Gasteiger partial charge in [0, 0.05) is 17.8 Å². The van der Waals surface area contributed by atoms with Gasteiger partial charge in [0.05, 0.1) is 16.1 Å². The molecule has 0 fully saturated rings. The molecule has 45 heavy (non-hydrogen) atoms. The van der Waals surface area contributed by atoms with Crippen LogP contribution in [0, 0.1) is 28.7 Å². The average molecular weight is 670 g/mol. The van der Waals surface area contributed by atoms with E-state index in [0.29, 0.717) is 26.0 Å². The van der Waals surface area contributed by atoms with Crippen LogP contribution in [0.15, 0.2) is 42.5 Å². The molecule has 3 N–H and O–H groups in total. The van der Waals surface area contributed by atoms with Crippen LogP contribution in [0.5, 0.6) is 5.75 Å². The van der Waals surface area contributed by atoms with E-state index in [2.05, 4.69) is 5.32 Å². The van der Waals surface area contributed by atoms with Crippen LogP contribution in [0.2, 0.25) is 5.02 Å². The number of amides is 3. The van der Waals surface area contributed by atoms with Crippen LogP contribution < -0.4 is 20.7 Å². The van der Waals surface area contributed by atoms with Gasteiger partial charge >= 0.3 is 6.18 Å². The van der Waals surface area contributed by atoms with E-state index in [0.717, 1.165) is 30.3 Å². The number of hydrogen-bond donors (Lipinski definition) is 3. The molecule has 242 valence electrons. The topological polar surface area (TPSA) is 96.5 Å². The van der Waals surface area contributed by atoms with Gasteiger partial charge in [-0.2, -0.15) is 13.2 Å². The Labute approximate surface area is 253 Å². The Morgan fingerprint density at radius 2 is 1.51 bits per heavy atom. The van der Waals surface area contributed by atoms with Crippen LogP contribution >= 0.6 is 11.6 Å². The fourth-order valence-electron chi connectivity index (χ4n) is 3.55. The Bertz CT molecular complexity index is 1630. The molecule has 3 aromatic rings. The highest BCUT2D eigenvalue weighted by molar-refractivity contribution is 6.34. The van der Waals surface area contributed by atoms with E-state index in [-0.39, 0.29) is 5.69 Å².